The molecule has 0 saturated carbocycles. The first-order chi connectivity index (χ1) is 9.51. The molecular formula is C14H15NO4S. The van der Waals surface area contributed by atoms with E-state index in [0.29, 0.717) is 12.3 Å². The van der Waals surface area contributed by atoms with E-state index in [-0.39, 0.29) is 10.6 Å². The Kier molecular flexibility index (Phi) is 4.26. The second kappa shape index (κ2) is 5.94. The third kappa shape index (κ3) is 3.49. The molecule has 2 aromatic rings. The SMILES string of the molecule is COCc1cccc(NS(=O)(=O)c2cccc(O)c2)c1. The van der Waals surface area contributed by atoms with E-state index in [9.17, 15) is 13.5 Å². The lowest BCUT2D eigenvalue weighted by Crippen LogP contribution is -2.13. The van der Waals surface area contributed by atoms with E-state index >= 15 is 0 Å². The van der Waals surface area contributed by atoms with E-state index in [0.717, 1.165) is 5.56 Å². The van der Waals surface area contributed by atoms with Crippen molar-refractivity contribution in [3.8, 4) is 5.75 Å². The lowest BCUT2D eigenvalue weighted by Gasteiger charge is -2.09. The summed E-state index contributed by atoms with van der Waals surface area (Å²) >= 11 is 0. The Labute approximate surface area is 117 Å². The van der Waals surface area contributed by atoms with Crippen LogP contribution in [0.5, 0.6) is 5.75 Å². The molecule has 0 aliphatic carbocycles. The number of hydrogen-bond acceptors (Lipinski definition) is 4. The summed E-state index contributed by atoms with van der Waals surface area (Å²) in [4.78, 5) is 0.00893. The Hall–Kier alpha value is -2.05. The van der Waals surface area contributed by atoms with Crippen molar-refractivity contribution in [1.82, 2.24) is 0 Å². The van der Waals surface area contributed by atoms with Crippen LogP contribution in [0, 0.1) is 0 Å². The summed E-state index contributed by atoms with van der Waals surface area (Å²) < 4.78 is 31.8. The number of sulfonamides is 1. The van der Waals surface area contributed by atoms with E-state index < -0.39 is 10.0 Å². The fraction of sp³-hybridized carbons (Fsp3) is 0.143. The zero-order chi connectivity index (χ0) is 14.6. The number of aromatic hydroxyl groups is 1. The lowest BCUT2D eigenvalue weighted by atomic mass is 10.2. The van der Waals surface area contributed by atoms with Crippen LogP contribution in [0.15, 0.2) is 53.4 Å². The highest BCUT2D eigenvalue weighted by molar-refractivity contribution is 7.92. The normalized spacial score (nSPS) is 11.2. The number of hydrogen-bond donors (Lipinski definition) is 2. The van der Waals surface area contributed by atoms with Gasteiger partial charge in [0.25, 0.3) is 10.0 Å². The Morgan fingerprint density at radius 3 is 2.60 bits per heavy atom. The quantitative estimate of drug-likeness (QED) is 0.887. The zero-order valence-electron chi connectivity index (χ0n) is 10.9. The summed E-state index contributed by atoms with van der Waals surface area (Å²) in [5.74, 6) is -0.0963. The standard InChI is InChI=1S/C14H15NO4S/c1-19-10-11-4-2-5-12(8-11)15-20(17,18)14-7-3-6-13(16)9-14/h2-9,15-16H,10H2,1H3. The van der Waals surface area contributed by atoms with Gasteiger partial charge in [0, 0.05) is 18.9 Å². The summed E-state index contributed by atoms with van der Waals surface area (Å²) in [6.45, 7) is 0.404. The molecule has 0 aromatic heterocycles. The van der Waals surface area contributed by atoms with Gasteiger partial charge >= 0.3 is 0 Å². The first-order valence-electron chi connectivity index (χ1n) is 5.91. The van der Waals surface area contributed by atoms with E-state index in [4.69, 9.17) is 4.74 Å². The fourth-order valence-corrected chi connectivity index (χ4v) is 2.84. The van der Waals surface area contributed by atoms with E-state index in [1.807, 2.05) is 6.07 Å². The van der Waals surface area contributed by atoms with Crippen LogP contribution in [0.4, 0.5) is 5.69 Å². The van der Waals surface area contributed by atoms with Gasteiger partial charge in [-0.1, -0.05) is 18.2 Å². The molecule has 0 aliphatic rings. The monoisotopic (exact) mass is 293 g/mol. The Morgan fingerprint density at radius 1 is 1.15 bits per heavy atom. The number of anilines is 1. The van der Waals surface area contributed by atoms with E-state index in [1.54, 1.807) is 25.3 Å². The predicted octanol–water partition coefficient (Wildman–Crippen LogP) is 2.34. The third-order valence-electron chi connectivity index (χ3n) is 2.62. The summed E-state index contributed by atoms with van der Waals surface area (Å²) in [6, 6.07) is 12.4. The minimum atomic E-state index is -3.72. The molecule has 0 atom stereocenters. The average molecular weight is 293 g/mol. The van der Waals surface area contributed by atoms with Crippen molar-refractivity contribution < 1.29 is 18.3 Å². The molecule has 2 aromatic carbocycles. The van der Waals surface area contributed by atoms with Gasteiger partial charge in [-0.25, -0.2) is 8.42 Å². The number of nitrogens with one attached hydrogen (secondary N) is 1. The van der Waals surface area contributed by atoms with Gasteiger partial charge < -0.3 is 9.84 Å². The first-order valence-corrected chi connectivity index (χ1v) is 7.39. The van der Waals surface area contributed by atoms with Crippen LogP contribution in [-0.2, 0) is 21.4 Å². The minimum Gasteiger partial charge on any atom is -0.508 e. The number of benzene rings is 2. The smallest absolute Gasteiger partial charge is 0.262 e. The van der Waals surface area contributed by atoms with Crippen LogP contribution < -0.4 is 4.72 Å². The average Bonchev–Trinajstić information content (AvgIpc) is 2.39. The third-order valence-corrected chi connectivity index (χ3v) is 4.00. The Bertz CT molecular complexity index is 698. The number of methoxy groups -OCH3 is 1. The summed E-state index contributed by atoms with van der Waals surface area (Å²) in [5.41, 5.74) is 1.31. The molecule has 0 spiro atoms. The van der Waals surface area contributed by atoms with Crippen LogP contribution in [-0.4, -0.2) is 20.6 Å². The number of phenols is 1. The number of rotatable bonds is 5. The molecule has 0 unspecified atom stereocenters. The van der Waals surface area contributed by atoms with Gasteiger partial charge in [0.05, 0.1) is 11.5 Å². The van der Waals surface area contributed by atoms with Crippen molar-refractivity contribution in [1.29, 1.82) is 0 Å². The van der Waals surface area contributed by atoms with Gasteiger partial charge in [-0.15, -0.1) is 0 Å². The van der Waals surface area contributed by atoms with Gasteiger partial charge in [0.15, 0.2) is 0 Å². The van der Waals surface area contributed by atoms with Crippen molar-refractivity contribution in [2.24, 2.45) is 0 Å². The highest BCUT2D eigenvalue weighted by Crippen LogP contribution is 2.20. The van der Waals surface area contributed by atoms with Crippen molar-refractivity contribution in [2.45, 2.75) is 11.5 Å². The zero-order valence-corrected chi connectivity index (χ0v) is 11.7. The maximum absolute atomic E-state index is 12.2. The molecule has 5 nitrogen and oxygen atoms in total. The van der Waals surface area contributed by atoms with Crippen molar-refractivity contribution in [3.05, 3.63) is 54.1 Å². The Morgan fingerprint density at radius 2 is 1.90 bits per heavy atom. The fourth-order valence-electron chi connectivity index (χ4n) is 1.76. The molecule has 0 radical (unpaired) electrons. The molecule has 20 heavy (non-hydrogen) atoms. The van der Waals surface area contributed by atoms with Crippen LogP contribution in [0.3, 0.4) is 0 Å². The van der Waals surface area contributed by atoms with Crippen LogP contribution in [0.1, 0.15) is 5.56 Å². The summed E-state index contributed by atoms with van der Waals surface area (Å²) in [7, 11) is -2.15. The second-order valence-corrected chi connectivity index (χ2v) is 5.92. The van der Waals surface area contributed by atoms with E-state index in [2.05, 4.69) is 4.72 Å². The van der Waals surface area contributed by atoms with Gasteiger partial charge in [0.2, 0.25) is 0 Å². The molecule has 0 fully saturated rings. The van der Waals surface area contributed by atoms with Crippen LogP contribution in [0.2, 0.25) is 0 Å². The maximum Gasteiger partial charge on any atom is 0.262 e. The molecule has 0 bridgehead atoms. The molecule has 0 amide bonds. The largest absolute Gasteiger partial charge is 0.508 e. The molecule has 0 saturated heterocycles. The van der Waals surface area contributed by atoms with Crippen molar-refractivity contribution in [2.75, 3.05) is 11.8 Å². The number of ether oxygens (including phenoxy) is 1. The van der Waals surface area contributed by atoms with Gasteiger partial charge in [-0.05, 0) is 29.8 Å². The number of phenolic OH excluding ortho intramolecular Hbond substituents is 1. The van der Waals surface area contributed by atoms with Crippen LogP contribution in [0.25, 0.3) is 0 Å². The maximum atomic E-state index is 12.2. The molecule has 0 aliphatic heterocycles. The summed E-state index contributed by atoms with van der Waals surface area (Å²) in [6.07, 6.45) is 0. The highest BCUT2D eigenvalue weighted by Gasteiger charge is 2.14. The highest BCUT2D eigenvalue weighted by atomic mass is 32.2. The first kappa shape index (κ1) is 14.4. The topological polar surface area (TPSA) is 75.6 Å². The Balaban J connectivity index is 2.26. The van der Waals surface area contributed by atoms with Gasteiger partial charge in [-0.2, -0.15) is 0 Å². The van der Waals surface area contributed by atoms with Crippen LogP contribution >= 0.6 is 0 Å². The molecular weight excluding hydrogens is 278 g/mol. The van der Waals surface area contributed by atoms with Gasteiger partial charge in [-0.3, -0.25) is 4.72 Å². The van der Waals surface area contributed by atoms with E-state index in [1.165, 1.54) is 24.3 Å². The van der Waals surface area contributed by atoms with Crippen molar-refractivity contribution in [3.63, 3.8) is 0 Å². The van der Waals surface area contributed by atoms with Crippen molar-refractivity contribution >= 4 is 15.7 Å². The summed E-state index contributed by atoms with van der Waals surface area (Å²) in [5, 5.41) is 9.35. The van der Waals surface area contributed by atoms with Gasteiger partial charge in [0.1, 0.15) is 5.75 Å². The predicted molar refractivity (Wildman–Crippen MR) is 76.1 cm³/mol. The molecule has 2 N–H and O–H groups in total. The molecule has 2 rings (SSSR count). The molecule has 106 valence electrons. The second-order valence-electron chi connectivity index (χ2n) is 4.24. The molecule has 6 heteroatoms. The minimum absolute atomic E-state index is 0.00893. The molecule has 0 heterocycles. The lowest BCUT2D eigenvalue weighted by molar-refractivity contribution is 0.185.